The van der Waals surface area contributed by atoms with Crippen LogP contribution in [0.15, 0.2) is 0 Å². The minimum absolute atomic E-state index is 0.301. The van der Waals surface area contributed by atoms with Crippen molar-refractivity contribution < 1.29 is 0 Å². The maximum Gasteiger partial charge on any atom is 0.0574 e. The van der Waals surface area contributed by atoms with Crippen molar-refractivity contribution in [2.45, 2.75) is 51.6 Å². The first-order valence-electron chi connectivity index (χ1n) is 5.19. The van der Waals surface area contributed by atoms with E-state index in [-0.39, 0.29) is 0 Å². The van der Waals surface area contributed by atoms with Crippen LogP contribution in [0.25, 0.3) is 0 Å². The van der Waals surface area contributed by atoms with Crippen LogP contribution < -0.4 is 5.73 Å². The number of likely N-dealkylation sites (tertiary alicyclic amines) is 1. The minimum Gasteiger partial charge on any atom is -0.316 e. The summed E-state index contributed by atoms with van der Waals surface area (Å²) in [5, 5.41) is 0. The van der Waals surface area contributed by atoms with Crippen molar-refractivity contribution in [1.82, 2.24) is 4.90 Å². The van der Waals surface area contributed by atoms with Gasteiger partial charge in [0.05, 0.1) is 6.17 Å². The van der Waals surface area contributed by atoms with E-state index >= 15 is 0 Å². The Labute approximate surface area is 76.1 Å². The van der Waals surface area contributed by atoms with Crippen molar-refractivity contribution in [3.63, 3.8) is 0 Å². The zero-order chi connectivity index (χ0) is 8.81. The summed E-state index contributed by atoms with van der Waals surface area (Å²) in [6, 6.07) is 0. The summed E-state index contributed by atoms with van der Waals surface area (Å²) in [6.07, 6.45) is 7.86. The zero-order valence-electron chi connectivity index (χ0n) is 8.13. The number of nitrogens with zero attached hydrogens (tertiary/aromatic N) is 1. The Morgan fingerprint density at radius 2 is 2.33 bits per heavy atom. The molecule has 71 valence electrons. The summed E-state index contributed by atoms with van der Waals surface area (Å²) >= 11 is 0. The maximum absolute atomic E-state index is 5.96. The van der Waals surface area contributed by atoms with Crippen molar-refractivity contribution >= 4 is 0 Å². The maximum atomic E-state index is 5.96. The molecule has 0 saturated carbocycles. The Balaban J connectivity index is 2.11. The number of piperidine rings is 1. The van der Waals surface area contributed by atoms with Gasteiger partial charge in [0.2, 0.25) is 0 Å². The third-order valence-electron chi connectivity index (χ3n) is 2.51. The van der Waals surface area contributed by atoms with Gasteiger partial charge in [0.15, 0.2) is 0 Å². The first-order chi connectivity index (χ1) is 5.84. The monoisotopic (exact) mass is 169 g/mol. The van der Waals surface area contributed by atoms with Gasteiger partial charge in [-0.3, -0.25) is 4.90 Å². The van der Waals surface area contributed by atoms with Crippen LogP contribution in [0.2, 0.25) is 0 Å². The van der Waals surface area contributed by atoms with Gasteiger partial charge in [-0.25, -0.2) is 0 Å². The average Bonchev–Trinajstić information content (AvgIpc) is 2.09. The third-order valence-corrected chi connectivity index (χ3v) is 2.51. The SMILES string of the molecule is CCCC[CH]N1CCCCC1N. The van der Waals surface area contributed by atoms with Crippen LogP contribution in [-0.4, -0.2) is 17.6 Å². The normalized spacial score (nSPS) is 26.0. The number of unbranched alkanes of at least 4 members (excludes halogenated alkanes) is 2. The number of nitrogens with two attached hydrogens (primary N) is 1. The lowest BCUT2D eigenvalue weighted by Gasteiger charge is -2.32. The average molecular weight is 169 g/mol. The molecule has 0 aliphatic carbocycles. The highest BCUT2D eigenvalue weighted by Crippen LogP contribution is 2.16. The minimum atomic E-state index is 0.301. The third kappa shape index (κ3) is 3.11. The second-order valence-corrected chi connectivity index (χ2v) is 3.63. The van der Waals surface area contributed by atoms with E-state index < -0.39 is 0 Å². The Morgan fingerprint density at radius 1 is 1.50 bits per heavy atom. The highest BCUT2D eigenvalue weighted by Gasteiger charge is 2.17. The van der Waals surface area contributed by atoms with Gasteiger partial charge in [0, 0.05) is 6.54 Å². The largest absolute Gasteiger partial charge is 0.316 e. The molecular formula is C10H21N2. The van der Waals surface area contributed by atoms with E-state index in [1.807, 2.05) is 0 Å². The van der Waals surface area contributed by atoms with Crippen LogP contribution in [0.1, 0.15) is 45.4 Å². The molecular weight excluding hydrogens is 148 g/mol. The molecule has 1 aliphatic rings. The van der Waals surface area contributed by atoms with Crippen LogP contribution in [0.3, 0.4) is 0 Å². The predicted molar refractivity (Wildman–Crippen MR) is 52.4 cm³/mol. The van der Waals surface area contributed by atoms with Crippen molar-refractivity contribution in [2.75, 3.05) is 6.54 Å². The molecule has 1 atom stereocenters. The molecule has 2 heteroatoms. The van der Waals surface area contributed by atoms with Crippen LogP contribution in [0.5, 0.6) is 0 Å². The second kappa shape index (κ2) is 5.55. The van der Waals surface area contributed by atoms with E-state index in [1.54, 1.807) is 0 Å². The standard InChI is InChI=1S/C10H21N2/c1-2-3-5-8-12-9-6-4-7-10(12)11/h8,10H,2-7,9,11H2,1H3. The molecule has 1 radical (unpaired) electrons. The molecule has 2 nitrogen and oxygen atoms in total. The second-order valence-electron chi connectivity index (χ2n) is 3.63. The number of rotatable bonds is 4. The summed E-state index contributed by atoms with van der Waals surface area (Å²) < 4.78 is 0. The van der Waals surface area contributed by atoms with Gasteiger partial charge in [-0.05, 0) is 32.2 Å². The smallest absolute Gasteiger partial charge is 0.0574 e. The first kappa shape index (κ1) is 10.0. The Morgan fingerprint density at radius 3 is 3.00 bits per heavy atom. The van der Waals surface area contributed by atoms with E-state index in [1.165, 1.54) is 45.1 Å². The molecule has 0 spiro atoms. The van der Waals surface area contributed by atoms with Gasteiger partial charge >= 0.3 is 0 Å². The van der Waals surface area contributed by atoms with Gasteiger partial charge in [-0.2, -0.15) is 0 Å². The molecule has 1 heterocycles. The fourth-order valence-electron chi connectivity index (χ4n) is 1.67. The van der Waals surface area contributed by atoms with Crippen molar-refractivity contribution in [3.05, 3.63) is 6.54 Å². The molecule has 1 saturated heterocycles. The highest BCUT2D eigenvalue weighted by molar-refractivity contribution is 4.77. The molecule has 0 aromatic carbocycles. The van der Waals surface area contributed by atoms with Gasteiger partial charge in [-0.15, -0.1) is 0 Å². The van der Waals surface area contributed by atoms with Gasteiger partial charge in [-0.1, -0.05) is 19.8 Å². The summed E-state index contributed by atoms with van der Waals surface area (Å²) in [4.78, 5) is 2.32. The molecule has 1 aliphatic heterocycles. The summed E-state index contributed by atoms with van der Waals surface area (Å²) in [5.41, 5.74) is 5.96. The molecule has 1 rings (SSSR count). The molecule has 0 aromatic heterocycles. The number of hydrogen-bond donors (Lipinski definition) is 1. The molecule has 12 heavy (non-hydrogen) atoms. The van der Waals surface area contributed by atoms with Gasteiger partial charge < -0.3 is 5.73 Å². The Hall–Kier alpha value is -0.0800. The van der Waals surface area contributed by atoms with Crippen LogP contribution in [0, 0.1) is 6.54 Å². The van der Waals surface area contributed by atoms with E-state index in [2.05, 4.69) is 18.4 Å². The lowest BCUT2D eigenvalue weighted by Crippen LogP contribution is -2.43. The summed E-state index contributed by atoms with van der Waals surface area (Å²) in [7, 11) is 0. The zero-order valence-corrected chi connectivity index (χ0v) is 8.13. The topological polar surface area (TPSA) is 29.3 Å². The predicted octanol–water partition coefficient (Wildman–Crippen LogP) is 2.11. The molecule has 0 bridgehead atoms. The Kier molecular flexibility index (Phi) is 4.62. The summed E-state index contributed by atoms with van der Waals surface area (Å²) in [5.74, 6) is 0. The fourth-order valence-corrected chi connectivity index (χ4v) is 1.67. The lowest BCUT2D eigenvalue weighted by atomic mass is 10.1. The van der Waals surface area contributed by atoms with Crippen molar-refractivity contribution in [2.24, 2.45) is 5.73 Å². The van der Waals surface area contributed by atoms with E-state index in [0.29, 0.717) is 6.17 Å². The van der Waals surface area contributed by atoms with Crippen molar-refractivity contribution in [3.8, 4) is 0 Å². The van der Waals surface area contributed by atoms with Gasteiger partial charge in [0.1, 0.15) is 0 Å². The van der Waals surface area contributed by atoms with Crippen LogP contribution in [-0.2, 0) is 0 Å². The molecule has 0 aromatic rings. The van der Waals surface area contributed by atoms with Crippen molar-refractivity contribution in [1.29, 1.82) is 0 Å². The molecule has 1 fully saturated rings. The lowest BCUT2D eigenvalue weighted by molar-refractivity contribution is 0.186. The van der Waals surface area contributed by atoms with E-state index in [9.17, 15) is 0 Å². The highest BCUT2D eigenvalue weighted by atomic mass is 15.2. The fraction of sp³-hybridized carbons (Fsp3) is 0.900. The quantitative estimate of drug-likeness (QED) is 0.653. The Bertz CT molecular complexity index is 114. The van der Waals surface area contributed by atoms with Gasteiger partial charge in [0.25, 0.3) is 0 Å². The van der Waals surface area contributed by atoms with E-state index in [0.717, 1.165) is 0 Å². The molecule has 2 N–H and O–H groups in total. The first-order valence-corrected chi connectivity index (χ1v) is 5.19. The summed E-state index contributed by atoms with van der Waals surface area (Å²) in [6.45, 7) is 5.70. The number of hydrogen-bond acceptors (Lipinski definition) is 2. The molecule has 0 amide bonds. The van der Waals surface area contributed by atoms with Crippen LogP contribution in [0.4, 0.5) is 0 Å². The molecule has 1 unspecified atom stereocenters. The van der Waals surface area contributed by atoms with Crippen LogP contribution >= 0.6 is 0 Å². The van der Waals surface area contributed by atoms with E-state index in [4.69, 9.17) is 5.73 Å².